The fourth-order valence-corrected chi connectivity index (χ4v) is 1.94. The van der Waals surface area contributed by atoms with Crippen LogP contribution in [0.5, 0.6) is 0 Å². The van der Waals surface area contributed by atoms with Crippen LogP contribution in [0.3, 0.4) is 0 Å². The van der Waals surface area contributed by atoms with Crippen LogP contribution >= 0.6 is 0 Å². The number of aromatic nitrogens is 4. The lowest BCUT2D eigenvalue weighted by molar-refractivity contribution is -0.141. The first kappa shape index (κ1) is 17.6. The van der Waals surface area contributed by atoms with Crippen molar-refractivity contribution in [3.8, 4) is 0 Å². The van der Waals surface area contributed by atoms with Gasteiger partial charge in [-0.3, -0.25) is 9.48 Å². The summed E-state index contributed by atoms with van der Waals surface area (Å²) >= 11 is 0. The van der Waals surface area contributed by atoms with Crippen LogP contribution in [-0.2, 0) is 24.6 Å². The SMILES string of the molecule is Cc1nn(C)c(F)c1/C=N\NC(=O)Cn1nc(C(F)(F)F)cc1C. The third-order valence-electron chi connectivity index (χ3n) is 3.14. The van der Waals surface area contributed by atoms with Gasteiger partial charge in [0.15, 0.2) is 5.69 Å². The van der Waals surface area contributed by atoms with Gasteiger partial charge in [-0.05, 0) is 19.9 Å². The number of nitrogens with one attached hydrogen (secondary N) is 1. The number of rotatable bonds is 4. The van der Waals surface area contributed by atoms with Gasteiger partial charge in [0.1, 0.15) is 6.54 Å². The van der Waals surface area contributed by atoms with E-state index in [-0.39, 0.29) is 11.3 Å². The van der Waals surface area contributed by atoms with Crippen molar-refractivity contribution in [2.75, 3.05) is 0 Å². The molecule has 0 aliphatic rings. The molecule has 11 heteroatoms. The number of halogens is 4. The maximum atomic E-state index is 13.6. The average molecular weight is 346 g/mol. The highest BCUT2D eigenvalue weighted by molar-refractivity contribution is 5.83. The molecule has 0 fully saturated rings. The summed E-state index contributed by atoms with van der Waals surface area (Å²) in [5.41, 5.74) is 1.68. The number of nitrogens with zero attached hydrogens (tertiary/aromatic N) is 5. The lowest BCUT2D eigenvalue weighted by Crippen LogP contribution is -2.24. The highest BCUT2D eigenvalue weighted by Crippen LogP contribution is 2.28. The van der Waals surface area contributed by atoms with E-state index in [2.05, 4.69) is 20.7 Å². The number of carbonyl (C=O) groups excluding carboxylic acids is 1. The summed E-state index contributed by atoms with van der Waals surface area (Å²) in [6, 6.07) is 0.838. The lowest BCUT2D eigenvalue weighted by atomic mass is 10.3. The monoisotopic (exact) mass is 346 g/mol. The van der Waals surface area contributed by atoms with Gasteiger partial charge in [-0.15, -0.1) is 0 Å². The maximum Gasteiger partial charge on any atom is 0.435 e. The number of hydrazone groups is 1. The number of hydrogen-bond acceptors (Lipinski definition) is 4. The number of amides is 1. The van der Waals surface area contributed by atoms with Crippen molar-refractivity contribution in [2.45, 2.75) is 26.6 Å². The summed E-state index contributed by atoms with van der Waals surface area (Å²) in [6.45, 7) is 2.51. The molecule has 7 nitrogen and oxygen atoms in total. The summed E-state index contributed by atoms with van der Waals surface area (Å²) in [6.07, 6.45) is -3.51. The van der Waals surface area contributed by atoms with E-state index in [9.17, 15) is 22.4 Å². The molecule has 1 N–H and O–H groups in total. The predicted molar refractivity (Wildman–Crippen MR) is 75.6 cm³/mol. The number of aryl methyl sites for hydroxylation is 3. The van der Waals surface area contributed by atoms with Crippen molar-refractivity contribution in [1.29, 1.82) is 0 Å². The fourth-order valence-electron chi connectivity index (χ4n) is 1.94. The Morgan fingerprint density at radius 1 is 1.38 bits per heavy atom. The Labute approximate surface area is 133 Å². The molecule has 0 saturated carbocycles. The standard InChI is InChI=1S/C13H14F4N6O/c1-7-4-10(13(15,16)17)21-23(7)6-11(24)19-18-5-9-8(2)20-22(3)12(9)14/h4-5H,6H2,1-3H3,(H,19,24)/b18-5-. The van der Waals surface area contributed by atoms with Gasteiger partial charge in [0.2, 0.25) is 5.95 Å². The van der Waals surface area contributed by atoms with Gasteiger partial charge in [0.05, 0.1) is 17.5 Å². The highest BCUT2D eigenvalue weighted by Gasteiger charge is 2.34. The van der Waals surface area contributed by atoms with Crippen LogP contribution in [0.15, 0.2) is 11.2 Å². The Kier molecular flexibility index (Phi) is 4.71. The molecule has 1 amide bonds. The molecular weight excluding hydrogens is 332 g/mol. The van der Waals surface area contributed by atoms with Gasteiger partial charge >= 0.3 is 6.18 Å². The van der Waals surface area contributed by atoms with Gasteiger partial charge in [-0.2, -0.15) is 32.9 Å². The van der Waals surface area contributed by atoms with Crippen molar-refractivity contribution in [3.63, 3.8) is 0 Å². The third kappa shape index (κ3) is 3.78. The van der Waals surface area contributed by atoms with E-state index in [4.69, 9.17) is 0 Å². The Balaban J connectivity index is 2.01. The topological polar surface area (TPSA) is 77.1 Å². The van der Waals surface area contributed by atoms with Crippen molar-refractivity contribution in [3.05, 3.63) is 34.7 Å². The summed E-state index contributed by atoms with van der Waals surface area (Å²) in [5, 5.41) is 10.7. The molecule has 2 aromatic rings. The van der Waals surface area contributed by atoms with Gasteiger partial charge in [-0.25, -0.2) is 10.1 Å². The molecular formula is C13H14F4N6O. The van der Waals surface area contributed by atoms with E-state index in [0.717, 1.165) is 21.6 Å². The first-order chi connectivity index (χ1) is 11.1. The molecule has 24 heavy (non-hydrogen) atoms. The molecule has 2 heterocycles. The Morgan fingerprint density at radius 3 is 2.54 bits per heavy atom. The summed E-state index contributed by atoms with van der Waals surface area (Å²) in [7, 11) is 1.41. The quantitative estimate of drug-likeness (QED) is 0.518. The first-order valence-electron chi connectivity index (χ1n) is 6.72. The maximum absolute atomic E-state index is 13.6. The van der Waals surface area contributed by atoms with Crippen LogP contribution in [-0.4, -0.2) is 31.7 Å². The van der Waals surface area contributed by atoms with Gasteiger partial charge in [-0.1, -0.05) is 0 Å². The summed E-state index contributed by atoms with van der Waals surface area (Å²) < 4.78 is 53.2. The van der Waals surface area contributed by atoms with E-state index < -0.39 is 30.3 Å². The first-order valence-corrected chi connectivity index (χ1v) is 6.72. The zero-order valence-corrected chi connectivity index (χ0v) is 13.0. The molecule has 0 unspecified atom stereocenters. The largest absolute Gasteiger partial charge is 0.435 e. The minimum absolute atomic E-state index is 0.104. The normalized spacial score (nSPS) is 12.1. The minimum atomic E-state index is -4.58. The highest BCUT2D eigenvalue weighted by atomic mass is 19.4. The van der Waals surface area contributed by atoms with E-state index >= 15 is 0 Å². The smallest absolute Gasteiger partial charge is 0.271 e. The van der Waals surface area contributed by atoms with Crippen LogP contribution in [0.2, 0.25) is 0 Å². The van der Waals surface area contributed by atoms with Gasteiger partial charge in [0, 0.05) is 12.7 Å². The second-order valence-corrected chi connectivity index (χ2v) is 5.03. The molecule has 2 rings (SSSR count). The predicted octanol–water partition coefficient (Wildman–Crippen LogP) is 1.54. The second-order valence-electron chi connectivity index (χ2n) is 5.03. The third-order valence-corrected chi connectivity index (χ3v) is 3.14. The van der Waals surface area contributed by atoms with Crippen LogP contribution in [0, 0.1) is 19.8 Å². The number of alkyl halides is 3. The van der Waals surface area contributed by atoms with Crippen LogP contribution < -0.4 is 5.43 Å². The molecule has 0 saturated heterocycles. The molecule has 0 aliphatic heterocycles. The van der Waals surface area contributed by atoms with Gasteiger partial charge < -0.3 is 0 Å². The molecule has 130 valence electrons. The zero-order valence-electron chi connectivity index (χ0n) is 13.0. The zero-order chi connectivity index (χ0) is 18.1. The fraction of sp³-hybridized carbons (Fsp3) is 0.385. The molecule has 2 aromatic heterocycles. The van der Waals surface area contributed by atoms with Crippen molar-refractivity contribution < 1.29 is 22.4 Å². The van der Waals surface area contributed by atoms with Crippen LogP contribution in [0.25, 0.3) is 0 Å². The van der Waals surface area contributed by atoms with Crippen molar-refractivity contribution in [2.24, 2.45) is 12.1 Å². The van der Waals surface area contributed by atoms with Crippen LogP contribution in [0.4, 0.5) is 17.6 Å². The number of carbonyl (C=O) groups is 1. The number of hydrogen-bond donors (Lipinski definition) is 1. The van der Waals surface area contributed by atoms with Crippen molar-refractivity contribution in [1.82, 2.24) is 25.0 Å². The van der Waals surface area contributed by atoms with E-state index in [1.165, 1.54) is 14.0 Å². The van der Waals surface area contributed by atoms with Crippen LogP contribution in [0.1, 0.15) is 22.6 Å². The van der Waals surface area contributed by atoms with E-state index in [1.807, 2.05) is 0 Å². The Hall–Kier alpha value is -2.72. The Morgan fingerprint density at radius 2 is 2.04 bits per heavy atom. The van der Waals surface area contributed by atoms with E-state index in [0.29, 0.717) is 5.69 Å². The molecule has 0 atom stereocenters. The summed E-state index contributed by atoms with van der Waals surface area (Å²) in [4.78, 5) is 11.7. The van der Waals surface area contributed by atoms with Crippen molar-refractivity contribution >= 4 is 12.1 Å². The average Bonchev–Trinajstić information content (AvgIpc) is 2.94. The Bertz CT molecular complexity index is 789. The molecule has 0 aromatic carbocycles. The minimum Gasteiger partial charge on any atom is -0.271 e. The molecule has 0 bridgehead atoms. The molecule has 0 radical (unpaired) electrons. The lowest BCUT2D eigenvalue weighted by Gasteiger charge is -2.03. The second kappa shape index (κ2) is 6.42. The van der Waals surface area contributed by atoms with E-state index in [1.54, 1.807) is 6.92 Å². The molecule has 0 aliphatic carbocycles. The summed E-state index contributed by atoms with van der Waals surface area (Å²) in [5.74, 6) is -1.32. The van der Waals surface area contributed by atoms with Gasteiger partial charge in [0.25, 0.3) is 5.91 Å². The molecule has 0 spiro atoms.